The van der Waals surface area contributed by atoms with Crippen LogP contribution in [0, 0.1) is 0 Å². The van der Waals surface area contributed by atoms with Crippen molar-refractivity contribution in [1.29, 1.82) is 0 Å². The lowest BCUT2D eigenvalue weighted by Crippen LogP contribution is -2.31. The number of benzene rings is 5. The Balaban J connectivity index is 1.29. The molecule has 7 heteroatoms. The molecule has 1 amide bonds. The van der Waals surface area contributed by atoms with E-state index in [2.05, 4.69) is 34.2 Å². The normalized spacial score (nSPS) is 14.4. The second-order valence-corrected chi connectivity index (χ2v) is 10.3. The topological polar surface area (TPSA) is 71.4 Å². The summed E-state index contributed by atoms with van der Waals surface area (Å²) in [6.45, 7) is 0.340. The number of aldehydes is 1. The number of carbonyl (C=O) groups excluding carboxylic acids is 2. The minimum atomic E-state index is -0.301. The number of aliphatic imine (C=N–C) groups is 1. The summed E-state index contributed by atoms with van der Waals surface area (Å²) in [5.74, 6) is 0.617. The molecule has 0 atom stereocenters. The predicted octanol–water partition coefficient (Wildman–Crippen LogP) is 8.11. The molecule has 0 aromatic heterocycles. The third-order valence-electron chi connectivity index (χ3n) is 7.43. The first kappa shape index (κ1) is 29.1. The van der Waals surface area contributed by atoms with Crippen LogP contribution in [-0.4, -0.2) is 36.8 Å². The molecule has 5 aromatic rings. The smallest absolute Gasteiger partial charge is 0.305 e. The van der Waals surface area contributed by atoms with Crippen LogP contribution in [-0.2, 0) is 16.0 Å². The molecule has 0 bridgehead atoms. The number of carbonyl (C=O) groups is 2. The van der Waals surface area contributed by atoms with Gasteiger partial charge in [0, 0.05) is 29.2 Å². The number of methoxy groups -OCH3 is 1. The van der Waals surface area contributed by atoms with Gasteiger partial charge in [0.25, 0.3) is 5.91 Å². The van der Waals surface area contributed by atoms with Gasteiger partial charge in [-0.2, -0.15) is 4.99 Å². The zero-order chi connectivity index (χ0) is 31.0. The zero-order valence-electron chi connectivity index (χ0n) is 24.7. The fraction of sp³-hybridized carbons (Fsp3) is 0.0789. The van der Waals surface area contributed by atoms with Crippen LogP contribution in [0.2, 0.25) is 0 Å². The van der Waals surface area contributed by atoms with Crippen LogP contribution < -0.4 is 9.64 Å². The first-order valence-corrected chi connectivity index (χ1v) is 14.6. The maximum absolute atomic E-state index is 13.7. The monoisotopic (exact) mass is 593 g/mol. The quantitative estimate of drug-likeness (QED) is 0.121. The van der Waals surface area contributed by atoms with Crippen molar-refractivity contribution in [3.8, 4) is 5.75 Å². The average Bonchev–Trinajstić information content (AvgIpc) is 3.38. The van der Waals surface area contributed by atoms with Gasteiger partial charge in [-0.25, -0.2) is 0 Å². The first-order chi connectivity index (χ1) is 22.1. The van der Waals surface area contributed by atoms with Gasteiger partial charge in [0.2, 0.25) is 0 Å². The van der Waals surface area contributed by atoms with Crippen LogP contribution in [0.25, 0.3) is 6.08 Å². The van der Waals surface area contributed by atoms with E-state index in [1.54, 1.807) is 37.5 Å². The number of ether oxygens (including phenoxy) is 2. The summed E-state index contributed by atoms with van der Waals surface area (Å²) in [6, 6.07) is 43.0. The molecule has 7 nitrogen and oxygen atoms in total. The molecule has 45 heavy (non-hydrogen) atoms. The van der Waals surface area contributed by atoms with E-state index in [9.17, 15) is 9.59 Å². The molecule has 1 aliphatic rings. The molecule has 1 saturated heterocycles. The summed E-state index contributed by atoms with van der Waals surface area (Å²) in [4.78, 5) is 33.6. The average molecular weight is 594 g/mol. The van der Waals surface area contributed by atoms with Crippen molar-refractivity contribution in [2.24, 2.45) is 4.99 Å². The van der Waals surface area contributed by atoms with Gasteiger partial charge in [-0.05, 0) is 84.3 Å². The Morgan fingerprint density at radius 3 is 1.98 bits per heavy atom. The highest BCUT2D eigenvalue weighted by atomic mass is 16.5. The van der Waals surface area contributed by atoms with Crippen molar-refractivity contribution < 1.29 is 19.1 Å². The molecule has 0 aliphatic carbocycles. The lowest BCUT2D eigenvalue weighted by Gasteiger charge is -2.25. The van der Waals surface area contributed by atoms with E-state index in [1.807, 2.05) is 84.9 Å². The van der Waals surface area contributed by atoms with E-state index in [0.717, 1.165) is 40.2 Å². The molecule has 0 radical (unpaired) electrons. The van der Waals surface area contributed by atoms with Crippen LogP contribution in [0.1, 0.15) is 21.5 Å². The van der Waals surface area contributed by atoms with Gasteiger partial charge in [-0.1, -0.05) is 72.8 Å². The number of anilines is 3. The fourth-order valence-electron chi connectivity index (χ4n) is 5.09. The van der Waals surface area contributed by atoms with Crippen molar-refractivity contribution in [2.75, 3.05) is 18.6 Å². The van der Waals surface area contributed by atoms with Crippen LogP contribution >= 0.6 is 0 Å². The van der Waals surface area contributed by atoms with Gasteiger partial charge in [0.1, 0.15) is 5.75 Å². The lowest BCUT2D eigenvalue weighted by atomic mass is 10.1. The summed E-state index contributed by atoms with van der Waals surface area (Å²) >= 11 is 0. The molecule has 0 N–H and O–H groups in total. The van der Waals surface area contributed by atoms with Gasteiger partial charge >= 0.3 is 6.02 Å². The largest absolute Gasteiger partial charge is 0.497 e. The van der Waals surface area contributed by atoms with E-state index in [0.29, 0.717) is 24.2 Å². The van der Waals surface area contributed by atoms with Gasteiger partial charge < -0.3 is 14.4 Å². The summed E-state index contributed by atoms with van der Waals surface area (Å²) in [7, 11) is 1.62. The highest BCUT2D eigenvalue weighted by Crippen LogP contribution is 2.34. The number of rotatable bonds is 10. The highest BCUT2D eigenvalue weighted by Gasteiger charge is 2.35. The minimum absolute atomic E-state index is 0.130. The number of hydrogen-bond acceptors (Lipinski definition) is 6. The highest BCUT2D eigenvalue weighted by molar-refractivity contribution is 6.12. The second kappa shape index (κ2) is 13.6. The third-order valence-corrected chi connectivity index (χ3v) is 7.43. The third kappa shape index (κ3) is 6.68. The van der Waals surface area contributed by atoms with E-state index < -0.39 is 0 Å². The predicted molar refractivity (Wildman–Crippen MR) is 178 cm³/mol. The Hall–Kier alpha value is -5.95. The SMILES string of the molecule is COc1ccc(CCN2C(=O)/C(=C\c3ccc(N(c4ccccc4)c4ccccc4)cc3)O/C2=N\c2ccccc2C=O)cc1. The molecular weight excluding hydrogens is 562 g/mol. The van der Waals surface area contributed by atoms with Crippen LogP contribution in [0.5, 0.6) is 5.75 Å². The van der Waals surface area contributed by atoms with Crippen molar-refractivity contribution in [3.63, 3.8) is 0 Å². The van der Waals surface area contributed by atoms with Crippen LogP contribution in [0.3, 0.4) is 0 Å². The standard InChI is InChI=1S/C38H31N3O4/c1-44-34-22-18-28(19-23-34)24-25-40-37(43)36(45-38(40)39-35-15-9-8-10-30(35)27-42)26-29-16-20-33(21-17-29)41(31-11-4-2-5-12-31)32-13-6-3-7-14-32/h2-23,26-27H,24-25H2,1H3/b36-26+,39-38-. The molecule has 0 spiro atoms. The molecule has 1 heterocycles. The molecule has 0 saturated carbocycles. The van der Waals surface area contributed by atoms with Crippen LogP contribution in [0.15, 0.2) is 144 Å². The molecule has 5 aromatic carbocycles. The first-order valence-electron chi connectivity index (χ1n) is 14.6. The van der Waals surface area contributed by atoms with Crippen molar-refractivity contribution in [3.05, 3.63) is 156 Å². The number of amides is 1. The molecule has 1 fully saturated rings. The van der Waals surface area contributed by atoms with Gasteiger partial charge in [-0.15, -0.1) is 0 Å². The van der Waals surface area contributed by atoms with Crippen molar-refractivity contribution in [2.45, 2.75) is 6.42 Å². The molecule has 6 rings (SSSR count). The zero-order valence-corrected chi connectivity index (χ0v) is 24.7. The van der Waals surface area contributed by atoms with E-state index in [-0.39, 0.29) is 17.7 Å². The number of amidine groups is 1. The van der Waals surface area contributed by atoms with Gasteiger partial charge in [0.15, 0.2) is 12.0 Å². The second-order valence-electron chi connectivity index (χ2n) is 10.3. The van der Waals surface area contributed by atoms with Crippen LogP contribution in [0.4, 0.5) is 22.7 Å². The summed E-state index contributed by atoms with van der Waals surface area (Å²) in [5.41, 5.74) is 5.71. The molecule has 1 aliphatic heterocycles. The summed E-state index contributed by atoms with van der Waals surface area (Å²) in [6.07, 6.45) is 3.03. The summed E-state index contributed by atoms with van der Waals surface area (Å²) in [5, 5.41) is 0. The fourth-order valence-corrected chi connectivity index (χ4v) is 5.09. The van der Waals surface area contributed by atoms with Crippen molar-refractivity contribution in [1.82, 2.24) is 4.90 Å². The number of hydrogen-bond donors (Lipinski definition) is 0. The number of nitrogens with zero attached hydrogens (tertiary/aromatic N) is 3. The molecular formula is C38H31N3O4. The molecule has 0 unspecified atom stereocenters. The Kier molecular flexibility index (Phi) is 8.78. The van der Waals surface area contributed by atoms with E-state index in [1.165, 1.54) is 4.90 Å². The maximum Gasteiger partial charge on any atom is 0.305 e. The number of para-hydroxylation sites is 3. The Morgan fingerprint density at radius 1 is 0.756 bits per heavy atom. The Labute approximate surface area is 262 Å². The summed E-state index contributed by atoms with van der Waals surface area (Å²) < 4.78 is 11.3. The van der Waals surface area contributed by atoms with E-state index in [4.69, 9.17) is 9.47 Å². The maximum atomic E-state index is 13.7. The Bertz CT molecular complexity index is 1800. The lowest BCUT2D eigenvalue weighted by molar-refractivity contribution is -0.122. The van der Waals surface area contributed by atoms with Gasteiger partial charge in [0.05, 0.1) is 12.8 Å². The minimum Gasteiger partial charge on any atom is -0.497 e. The van der Waals surface area contributed by atoms with Gasteiger partial charge in [-0.3, -0.25) is 14.5 Å². The Morgan fingerprint density at radius 2 is 1.36 bits per heavy atom. The van der Waals surface area contributed by atoms with E-state index >= 15 is 0 Å². The molecule has 222 valence electrons. The van der Waals surface area contributed by atoms with Crippen molar-refractivity contribution >= 4 is 47.0 Å².